The number of carboxylic acid groups (broad SMARTS) is 1. The van der Waals surface area contributed by atoms with Crippen molar-refractivity contribution in [2.24, 2.45) is 0 Å². The highest BCUT2D eigenvalue weighted by Crippen LogP contribution is 2.27. The Bertz CT molecular complexity index is 520. The third-order valence-corrected chi connectivity index (χ3v) is 3.22. The van der Waals surface area contributed by atoms with Crippen molar-refractivity contribution < 1.29 is 9.90 Å². The molecule has 0 heterocycles. The van der Waals surface area contributed by atoms with Gasteiger partial charge in [0.05, 0.1) is 6.42 Å². The number of aliphatic carboxylic acids is 1. The molecule has 0 aliphatic carbocycles. The maximum absolute atomic E-state index is 10.6. The molecule has 3 heteroatoms. The zero-order valence-corrected chi connectivity index (χ0v) is 9.49. The summed E-state index contributed by atoms with van der Waals surface area (Å²) in [7, 11) is 0. The summed E-state index contributed by atoms with van der Waals surface area (Å²) in [4.78, 5) is 10.6. The van der Waals surface area contributed by atoms with Gasteiger partial charge in [-0.15, -0.1) is 0 Å². The van der Waals surface area contributed by atoms with Gasteiger partial charge in [-0.3, -0.25) is 4.79 Å². The van der Waals surface area contributed by atoms with Crippen molar-refractivity contribution in [3.8, 4) is 0 Å². The number of rotatable bonds is 2. The molecule has 2 aromatic rings. The predicted octanol–water partition coefficient (Wildman–Crippen LogP) is 3.23. The molecule has 0 radical (unpaired) electrons. The van der Waals surface area contributed by atoms with Gasteiger partial charge in [0.1, 0.15) is 0 Å². The molecule has 0 fully saturated rings. The molecular formula is C12H9BrO2. The Balaban J connectivity index is 2.59. The number of hydrogen-bond donors (Lipinski definition) is 1. The van der Waals surface area contributed by atoms with Crippen LogP contribution in [0, 0.1) is 0 Å². The van der Waals surface area contributed by atoms with Crippen molar-refractivity contribution in [2.75, 3.05) is 0 Å². The highest BCUT2D eigenvalue weighted by atomic mass is 79.9. The lowest BCUT2D eigenvalue weighted by Crippen LogP contribution is -2.00. The summed E-state index contributed by atoms with van der Waals surface area (Å²) in [5.74, 6) is -0.814. The van der Waals surface area contributed by atoms with E-state index in [-0.39, 0.29) is 6.42 Å². The van der Waals surface area contributed by atoms with E-state index in [1.807, 2.05) is 36.4 Å². The maximum Gasteiger partial charge on any atom is 0.307 e. The van der Waals surface area contributed by atoms with Gasteiger partial charge in [-0.25, -0.2) is 0 Å². The minimum absolute atomic E-state index is 0.0470. The fraction of sp³-hybridized carbons (Fsp3) is 0.0833. The standard InChI is InChI=1S/C12H9BrO2/c13-12-9(7-11(14)15)6-5-8-3-1-2-4-10(8)12/h1-6H,7H2,(H,14,15). The number of fused-ring (bicyclic) bond motifs is 1. The highest BCUT2D eigenvalue weighted by molar-refractivity contribution is 9.10. The van der Waals surface area contributed by atoms with Crippen molar-refractivity contribution in [1.29, 1.82) is 0 Å². The van der Waals surface area contributed by atoms with Gasteiger partial charge in [-0.1, -0.05) is 36.4 Å². The number of hydrogen-bond acceptors (Lipinski definition) is 1. The van der Waals surface area contributed by atoms with Crippen molar-refractivity contribution >= 4 is 32.7 Å². The first-order valence-corrected chi connectivity index (χ1v) is 5.35. The SMILES string of the molecule is O=C(O)Cc1ccc2ccccc2c1Br. The van der Waals surface area contributed by atoms with Crippen LogP contribution in [-0.2, 0) is 11.2 Å². The number of carbonyl (C=O) groups is 1. The first kappa shape index (κ1) is 10.2. The van der Waals surface area contributed by atoms with E-state index < -0.39 is 5.97 Å². The predicted molar refractivity (Wildman–Crippen MR) is 63.0 cm³/mol. The normalized spacial score (nSPS) is 10.5. The van der Waals surface area contributed by atoms with E-state index in [0.717, 1.165) is 20.8 Å². The second-order valence-corrected chi connectivity index (χ2v) is 4.12. The topological polar surface area (TPSA) is 37.3 Å². The average molecular weight is 265 g/mol. The third kappa shape index (κ3) is 2.02. The lowest BCUT2D eigenvalue weighted by Gasteiger charge is -2.05. The summed E-state index contributed by atoms with van der Waals surface area (Å²) in [5.41, 5.74) is 0.807. The summed E-state index contributed by atoms with van der Waals surface area (Å²) < 4.78 is 0.878. The first-order chi connectivity index (χ1) is 7.18. The first-order valence-electron chi connectivity index (χ1n) is 4.56. The Kier molecular flexibility index (Phi) is 2.73. The van der Waals surface area contributed by atoms with Gasteiger partial charge in [-0.05, 0) is 32.3 Å². The lowest BCUT2D eigenvalue weighted by molar-refractivity contribution is -0.136. The Morgan fingerprint density at radius 2 is 1.93 bits per heavy atom. The number of halogens is 1. The van der Waals surface area contributed by atoms with E-state index in [9.17, 15) is 4.79 Å². The van der Waals surface area contributed by atoms with E-state index >= 15 is 0 Å². The van der Waals surface area contributed by atoms with Crippen LogP contribution in [0.15, 0.2) is 40.9 Å². The summed E-state index contributed by atoms with van der Waals surface area (Å²) in [6.45, 7) is 0. The fourth-order valence-electron chi connectivity index (χ4n) is 1.58. The molecule has 0 spiro atoms. The van der Waals surface area contributed by atoms with E-state index in [2.05, 4.69) is 15.9 Å². The maximum atomic E-state index is 10.6. The Morgan fingerprint density at radius 1 is 1.20 bits per heavy atom. The molecule has 0 saturated carbocycles. The molecule has 0 aliphatic heterocycles. The van der Waals surface area contributed by atoms with E-state index in [4.69, 9.17) is 5.11 Å². The molecule has 0 aliphatic rings. The molecule has 15 heavy (non-hydrogen) atoms. The largest absolute Gasteiger partial charge is 0.481 e. The van der Waals surface area contributed by atoms with Crippen LogP contribution in [0.4, 0.5) is 0 Å². The molecule has 0 amide bonds. The Labute approximate surface area is 95.7 Å². The molecule has 0 saturated heterocycles. The van der Waals surface area contributed by atoms with Crippen LogP contribution in [-0.4, -0.2) is 11.1 Å². The van der Waals surface area contributed by atoms with Gasteiger partial charge >= 0.3 is 5.97 Å². The highest BCUT2D eigenvalue weighted by Gasteiger charge is 2.07. The average Bonchev–Trinajstić information content (AvgIpc) is 2.22. The summed E-state index contributed by atoms with van der Waals surface area (Å²) in [5, 5.41) is 10.9. The molecule has 2 aromatic carbocycles. The summed E-state index contributed by atoms with van der Waals surface area (Å²) in [6, 6.07) is 11.7. The van der Waals surface area contributed by atoms with E-state index in [0.29, 0.717) is 0 Å². The van der Waals surface area contributed by atoms with Crippen LogP contribution < -0.4 is 0 Å². The smallest absolute Gasteiger partial charge is 0.307 e. The molecule has 1 N–H and O–H groups in total. The Hall–Kier alpha value is -1.35. The second-order valence-electron chi connectivity index (χ2n) is 3.33. The second kappa shape index (κ2) is 4.03. The third-order valence-electron chi connectivity index (χ3n) is 2.28. The van der Waals surface area contributed by atoms with Crippen LogP contribution in [0.1, 0.15) is 5.56 Å². The monoisotopic (exact) mass is 264 g/mol. The van der Waals surface area contributed by atoms with Gasteiger partial charge in [0.15, 0.2) is 0 Å². The zero-order chi connectivity index (χ0) is 10.8. The van der Waals surface area contributed by atoms with E-state index in [1.165, 1.54) is 0 Å². The number of carboxylic acids is 1. The van der Waals surface area contributed by atoms with Crippen molar-refractivity contribution in [3.05, 3.63) is 46.4 Å². The zero-order valence-electron chi connectivity index (χ0n) is 7.90. The summed E-state index contributed by atoms with van der Waals surface area (Å²) >= 11 is 3.45. The van der Waals surface area contributed by atoms with Crippen LogP contribution in [0.2, 0.25) is 0 Å². The van der Waals surface area contributed by atoms with Crippen LogP contribution in [0.3, 0.4) is 0 Å². The lowest BCUT2D eigenvalue weighted by atomic mass is 10.1. The van der Waals surface area contributed by atoms with Gasteiger partial charge in [0.25, 0.3) is 0 Å². The van der Waals surface area contributed by atoms with Crippen molar-refractivity contribution in [3.63, 3.8) is 0 Å². The van der Waals surface area contributed by atoms with Crippen LogP contribution in [0.5, 0.6) is 0 Å². The molecule has 76 valence electrons. The molecule has 0 aromatic heterocycles. The quantitative estimate of drug-likeness (QED) is 0.905. The number of benzene rings is 2. The van der Waals surface area contributed by atoms with Gasteiger partial charge in [0, 0.05) is 4.47 Å². The molecule has 0 bridgehead atoms. The fourth-order valence-corrected chi connectivity index (χ4v) is 2.21. The minimum Gasteiger partial charge on any atom is -0.481 e. The summed E-state index contributed by atoms with van der Waals surface area (Å²) in [6.07, 6.45) is 0.0470. The Morgan fingerprint density at radius 3 is 2.67 bits per heavy atom. The molecule has 2 rings (SSSR count). The van der Waals surface area contributed by atoms with Crippen LogP contribution in [0.25, 0.3) is 10.8 Å². The van der Waals surface area contributed by atoms with Crippen LogP contribution >= 0.6 is 15.9 Å². The van der Waals surface area contributed by atoms with Gasteiger partial charge < -0.3 is 5.11 Å². The van der Waals surface area contributed by atoms with Gasteiger partial charge in [-0.2, -0.15) is 0 Å². The molecule has 0 atom stereocenters. The molecule has 0 unspecified atom stereocenters. The minimum atomic E-state index is -0.814. The van der Waals surface area contributed by atoms with E-state index in [1.54, 1.807) is 0 Å². The molecule has 2 nitrogen and oxygen atoms in total. The molecular weight excluding hydrogens is 256 g/mol. The van der Waals surface area contributed by atoms with Crippen molar-refractivity contribution in [2.45, 2.75) is 6.42 Å². The van der Waals surface area contributed by atoms with Crippen molar-refractivity contribution in [1.82, 2.24) is 0 Å². The van der Waals surface area contributed by atoms with Gasteiger partial charge in [0.2, 0.25) is 0 Å².